The Balaban J connectivity index is 3.51. The average molecular weight is 225 g/mol. The molecule has 1 aromatic carbocycles. The van der Waals surface area contributed by atoms with Crippen molar-refractivity contribution in [3.05, 3.63) is 22.8 Å². The van der Waals surface area contributed by atoms with Crippen molar-refractivity contribution in [1.29, 1.82) is 0 Å². The second-order valence-electron chi connectivity index (χ2n) is 3.27. The Kier molecular flexibility index (Phi) is 3.52. The van der Waals surface area contributed by atoms with E-state index in [4.69, 9.17) is 27.4 Å². The lowest BCUT2D eigenvalue weighted by Crippen LogP contribution is -2.12. The third-order valence-corrected chi connectivity index (χ3v) is 2.70. The lowest BCUT2D eigenvalue weighted by molar-refractivity contribution is 0.397. The predicted octanol–water partition coefficient (Wildman–Crippen LogP) is 1.95. The van der Waals surface area contributed by atoms with Gasteiger partial charge in [-0.2, -0.15) is 0 Å². The zero-order chi connectivity index (χ0) is 11.6. The van der Waals surface area contributed by atoms with Crippen LogP contribution in [0.25, 0.3) is 0 Å². The van der Waals surface area contributed by atoms with E-state index in [-0.39, 0.29) is 0 Å². The van der Waals surface area contributed by atoms with Gasteiger partial charge in [-0.25, -0.2) is 0 Å². The summed E-state index contributed by atoms with van der Waals surface area (Å²) in [5.41, 5.74) is 8.38. The van der Waals surface area contributed by atoms with Gasteiger partial charge >= 0.3 is 0 Å². The number of thiocarbonyl (C=S) groups is 1. The Hall–Kier alpha value is -1.29. The minimum absolute atomic E-state index is 0.313. The Morgan fingerprint density at radius 3 is 2.20 bits per heavy atom. The van der Waals surface area contributed by atoms with Crippen LogP contribution in [0.2, 0.25) is 0 Å². The Labute approximate surface area is 95.2 Å². The Morgan fingerprint density at radius 2 is 1.80 bits per heavy atom. The summed E-state index contributed by atoms with van der Waals surface area (Å²) in [7, 11) is 3.23. The number of nitrogens with two attached hydrogens (primary N) is 1. The van der Waals surface area contributed by atoms with Gasteiger partial charge in [-0.1, -0.05) is 12.2 Å². The summed E-state index contributed by atoms with van der Waals surface area (Å²) in [6.07, 6.45) is 0. The van der Waals surface area contributed by atoms with E-state index in [0.29, 0.717) is 10.6 Å². The lowest BCUT2D eigenvalue weighted by Gasteiger charge is -2.15. The van der Waals surface area contributed by atoms with Crippen LogP contribution in [0.4, 0.5) is 0 Å². The molecule has 0 atom stereocenters. The quantitative estimate of drug-likeness (QED) is 0.799. The number of benzene rings is 1. The van der Waals surface area contributed by atoms with Crippen LogP contribution in [0.15, 0.2) is 6.07 Å². The van der Waals surface area contributed by atoms with E-state index in [1.807, 2.05) is 19.9 Å². The lowest BCUT2D eigenvalue weighted by atomic mass is 10.0. The fourth-order valence-corrected chi connectivity index (χ4v) is 1.67. The van der Waals surface area contributed by atoms with Crippen molar-refractivity contribution in [2.24, 2.45) is 5.73 Å². The van der Waals surface area contributed by atoms with Gasteiger partial charge in [0.15, 0.2) is 0 Å². The third kappa shape index (κ3) is 2.04. The molecule has 15 heavy (non-hydrogen) atoms. The van der Waals surface area contributed by atoms with Crippen molar-refractivity contribution >= 4 is 17.2 Å². The van der Waals surface area contributed by atoms with Gasteiger partial charge in [0.1, 0.15) is 16.5 Å². The van der Waals surface area contributed by atoms with E-state index < -0.39 is 0 Å². The molecule has 0 aliphatic carbocycles. The Bertz CT molecular complexity index is 402. The fraction of sp³-hybridized carbons (Fsp3) is 0.364. The minimum Gasteiger partial charge on any atom is -0.496 e. The molecule has 82 valence electrons. The van der Waals surface area contributed by atoms with E-state index in [1.54, 1.807) is 14.2 Å². The minimum atomic E-state index is 0.313. The summed E-state index contributed by atoms with van der Waals surface area (Å²) < 4.78 is 10.5. The summed E-state index contributed by atoms with van der Waals surface area (Å²) in [5.74, 6) is 1.50. The van der Waals surface area contributed by atoms with Crippen molar-refractivity contribution in [2.75, 3.05) is 14.2 Å². The van der Waals surface area contributed by atoms with Gasteiger partial charge in [-0.3, -0.25) is 0 Å². The molecule has 0 spiro atoms. The highest BCUT2D eigenvalue weighted by molar-refractivity contribution is 7.80. The molecule has 0 aliphatic rings. The summed E-state index contributed by atoms with van der Waals surface area (Å²) in [6.45, 7) is 3.93. The van der Waals surface area contributed by atoms with Crippen LogP contribution in [-0.2, 0) is 0 Å². The molecule has 0 aromatic heterocycles. The van der Waals surface area contributed by atoms with Crippen molar-refractivity contribution in [1.82, 2.24) is 0 Å². The number of rotatable bonds is 3. The molecule has 0 saturated heterocycles. The van der Waals surface area contributed by atoms with Gasteiger partial charge in [0, 0.05) is 0 Å². The van der Waals surface area contributed by atoms with Crippen molar-refractivity contribution in [3.8, 4) is 11.5 Å². The van der Waals surface area contributed by atoms with Crippen LogP contribution in [0, 0.1) is 13.8 Å². The summed E-state index contributed by atoms with van der Waals surface area (Å²) in [4.78, 5) is 0.313. The van der Waals surface area contributed by atoms with E-state index >= 15 is 0 Å². The normalized spacial score (nSPS) is 9.87. The van der Waals surface area contributed by atoms with Crippen LogP contribution < -0.4 is 15.2 Å². The molecular weight excluding hydrogens is 210 g/mol. The molecule has 0 saturated carbocycles. The SMILES string of the molecule is COc1cc(C(N)=S)c(OC)c(C)c1C. The highest BCUT2D eigenvalue weighted by Crippen LogP contribution is 2.33. The van der Waals surface area contributed by atoms with Crippen LogP contribution >= 0.6 is 12.2 Å². The van der Waals surface area contributed by atoms with E-state index in [2.05, 4.69) is 0 Å². The molecule has 4 heteroatoms. The molecule has 0 radical (unpaired) electrons. The van der Waals surface area contributed by atoms with Crippen molar-refractivity contribution in [2.45, 2.75) is 13.8 Å². The molecule has 2 N–H and O–H groups in total. The first kappa shape index (κ1) is 11.8. The highest BCUT2D eigenvalue weighted by atomic mass is 32.1. The predicted molar refractivity (Wildman–Crippen MR) is 64.9 cm³/mol. The van der Waals surface area contributed by atoms with E-state index in [1.165, 1.54) is 0 Å². The van der Waals surface area contributed by atoms with E-state index in [0.717, 1.165) is 22.6 Å². The van der Waals surface area contributed by atoms with Crippen molar-refractivity contribution < 1.29 is 9.47 Å². The number of hydrogen-bond donors (Lipinski definition) is 1. The fourth-order valence-electron chi connectivity index (χ4n) is 1.52. The smallest absolute Gasteiger partial charge is 0.132 e. The maximum atomic E-state index is 5.63. The number of hydrogen-bond acceptors (Lipinski definition) is 3. The molecule has 0 heterocycles. The van der Waals surface area contributed by atoms with Gasteiger partial charge in [0.05, 0.1) is 19.8 Å². The largest absolute Gasteiger partial charge is 0.496 e. The second kappa shape index (κ2) is 4.49. The third-order valence-electron chi connectivity index (χ3n) is 2.48. The van der Waals surface area contributed by atoms with Crippen LogP contribution in [0.3, 0.4) is 0 Å². The average Bonchev–Trinajstić information content (AvgIpc) is 2.21. The van der Waals surface area contributed by atoms with Crippen LogP contribution in [-0.4, -0.2) is 19.2 Å². The maximum Gasteiger partial charge on any atom is 0.132 e. The topological polar surface area (TPSA) is 44.5 Å². The monoisotopic (exact) mass is 225 g/mol. The first-order valence-electron chi connectivity index (χ1n) is 4.54. The van der Waals surface area contributed by atoms with Crippen LogP contribution in [0.5, 0.6) is 11.5 Å². The number of ether oxygens (including phenoxy) is 2. The second-order valence-corrected chi connectivity index (χ2v) is 3.71. The standard InChI is InChI=1S/C11H15NO2S/c1-6-7(2)10(14-4)8(11(12)15)5-9(6)13-3/h5H,1-4H3,(H2,12,15). The summed E-state index contributed by atoms with van der Waals surface area (Å²) >= 11 is 4.97. The molecule has 0 amide bonds. The summed E-state index contributed by atoms with van der Waals surface area (Å²) in [5, 5.41) is 0. The summed E-state index contributed by atoms with van der Waals surface area (Å²) in [6, 6.07) is 1.81. The van der Waals surface area contributed by atoms with E-state index in [9.17, 15) is 0 Å². The molecule has 0 bridgehead atoms. The van der Waals surface area contributed by atoms with Crippen LogP contribution in [0.1, 0.15) is 16.7 Å². The van der Waals surface area contributed by atoms with Gasteiger partial charge in [0.25, 0.3) is 0 Å². The molecule has 3 nitrogen and oxygen atoms in total. The van der Waals surface area contributed by atoms with Crippen molar-refractivity contribution in [3.63, 3.8) is 0 Å². The first-order valence-corrected chi connectivity index (χ1v) is 4.95. The van der Waals surface area contributed by atoms with Gasteiger partial charge in [-0.05, 0) is 31.0 Å². The Morgan fingerprint density at radius 1 is 1.20 bits per heavy atom. The van der Waals surface area contributed by atoms with Gasteiger partial charge in [0.2, 0.25) is 0 Å². The molecule has 0 aliphatic heterocycles. The molecular formula is C11H15NO2S. The molecule has 1 aromatic rings. The molecule has 1 rings (SSSR count). The van der Waals surface area contributed by atoms with Gasteiger partial charge in [-0.15, -0.1) is 0 Å². The highest BCUT2D eigenvalue weighted by Gasteiger charge is 2.15. The molecule has 0 fully saturated rings. The zero-order valence-electron chi connectivity index (χ0n) is 9.38. The molecule has 0 unspecified atom stereocenters. The first-order chi connectivity index (χ1) is 7.02. The zero-order valence-corrected chi connectivity index (χ0v) is 10.2. The maximum absolute atomic E-state index is 5.63. The number of methoxy groups -OCH3 is 2. The van der Waals surface area contributed by atoms with Gasteiger partial charge < -0.3 is 15.2 Å².